The molecule has 5 N–H and O–H groups in total. The maximum atomic E-state index is 11.3. The van der Waals surface area contributed by atoms with Crippen LogP contribution >= 0.6 is 11.8 Å². The zero-order valence-electron chi connectivity index (χ0n) is 16.1. The van der Waals surface area contributed by atoms with Crippen LogP contribution in [0.25, 0.3) is 0 Å². The van der Waals surface area contributed by atoms with E-state index in [1.807, 2.05) is 4.57 Å². The zero-order valence-corrected chi connectivity index (χ0v) is 17.8. The van der Waals surface area contributed by atoms with Gasteiger partial charge >= 0.3 is 0 Å². The van der Waals surface area contributed by atoms with Gasteiger partial charge in [0.25, 0.3) is 0 Å². The molecule has 0 saturated carbocycles. The minimum Gasteiger partial charge on any atom is -0.493 e. The minimum absolute atomic E-state index is 0.0967. The number of nitrogens with two attached hydrogens (primary N) is 2. The highest BCUT2D eigenvalue weighted by Crippen LogP contribution is 2.39. The van der Waals surface area contributed by atoms with Crippen molar-refractivity contribution in [2.75, 3.05) is 24.3 Å². The molecule has 2 aromatic rings. The molecule has 11 heteroatoms. The van der Waals surface area contributed by atoms with Crippen LogP contribution in [0.5, 0.6) is 5.75 Å². The van der Waals surface area contributed by atoms with Crippen LogP contribution in [0.15, 0.2) is 27.2 Å². The van der Waals surface area contributed by atoms with E-state index in [9.17, 15) is 8.42 Å². The van der Waals surface area contributed by atoms with E-state index in [0.29, 0.717) is 37.8 Å². The number of amidine groups is 1. The van der Waals surface area contributed by atoms with E-state index in [0.717, 1.165) is 34.5 Å². The molecule has 0 unspecified atom stereocenters. The second-order valence-corrected chi connectivity index (χ2v) is 9.71. The zero-order chi connectivity index (χ0) is 20.6. The van der Waals surface area contributed by atoms with Crippen molar-refractivity contribution in [1.82, 2.24) is 9.55 Å². The number of anilines is 1. The van der Waals surface area contributed by atoms with Crippen LogP contribution < -0.4 is 20.9 Å². The monoisotopic (exact) mass is 436 g/mol. The highest BCUT2D eigenvalue weighted by atomic mass is 32.2. The number of aromatic nitrogens is 2. The molecule has 3 heterocycles. The molecule has 0 radical (unpaired) electrons. The lowest BCUT2D eigenvalue weighted by Gasteiger charge is -2.16. The van der Waals surface area contributed by atoms with Crippen LogP contribution in [-0.4, -0.2) is 42.8 Å². The summed E-state index contributed by atoms with van der Waals surface area (Å²) in [5.41, 5.74) is 9.09. The first-order chi connectivity index (χ1) is 13.9. The quantitative estimate of drug-likeness (QED) is 0.595. The Labute approximate surface area is 174 Å². The van der Waals surface area contributed by atoms with Crippen molar-refractivity contribution in [3.05, 3.63) is 29.0 Å². The van der Waals surface area contributed by atoms with Gasteiger partial charge in [-0.3, -0.25) is 0 Å². The molecule has 9 nitrogen and oxygen atoms in total. The van der Waals surface area contributed by atoms with Gasteiger partial charge in [-0.25, -0.2) is 23.5 Å². The van der Waals surface area contributed by atoms with E-state index >= 15 is 0 Å². The fourth-order valence-corrected chi connectivity index (χ4v) is 5.16. The van der Waals surface area contributed by atoms with Gasteiger partial charge < -0.3 is 20.4 Å². The summed E-state index contributed by atoms with van der Waals surface area (Å²) in [7, 11) is -3.52. The van der Waals surface area contributed by atoms with E-state index in [1.54, 1.807) is 0 Å². The van der Waals surface area contributed by atoms with Crippen molar-refractivity contribution in [3.63, 3.8) is 0 Å². The van der Waals surface area contributed by atoms with Crippen molar-refractivity contribution in [2.24, 2.45) is 15.9 Å². The first kappa shape index (κ1) is 20.0. The summed E-state index contributed by atoms with van der Waals surface area (Å²) in [5, 5.41) is 9.09. The number of benzene rings is 1. The molecule has 2 aliphatic rings. The molecule has 0 spiro atoms. The largest absolute Gasteiger partial charge is 0.493 e. The highest BCUT2D eigenvalue weighted by molar-refractivity contribution is 7.99. The fraction of sp³-hybridized carbons (Fsp3) is 0.444. The second-order valence-electron chi connectivity index (χ2n) is 6.96. The predicted molar refractivity (Wildman–Crippen MR) is 113 cm³/mol. The number of aryl methyl sites for hydroxylation is 1. The van der Waals surface area contributed by atoms with Crippen LogP contribution in [-0.2, 0) is 29.4 Å². The van der Waals surface area contributed by atoms with Gasteiger partial charge in [0.05, 0.1) is 12.4 Å². The number of rotatable bonds is 7. The number of ether oxygens (including phenoxy) is 1. The van der Waals surface area contributed by atoms with Gasteiger partial charge in [-0.15, -0.1) is 0 Å². The Hall–Kier alpha value is -2.24. The van der Waals surface area contributed by atoms with Crippen LogP contribution in [0.4, 0.5) is 5.82 Å². The van der Waals surface area contributed by atoms with Gasteiger partial charge in [0.1, 0.15) is 29.8 Å². The molecule has 0 saturated heterocycles. The number of hydrogen-bond donors (Lipinski definition) is 3. The Morgan fingerprint density at radius 1 is 1.38 bits per heavy atom. The molecule has 0 aliphatic carbocycles. The van der Waals surface area contributed by atoms with Crippen molar-refractivity contribution < 1.29 is 13.2 Å². The predicted octanol–water partition coefficient (Wildman–Crippen LogP) is 1.30. The van der Waals surface area contributed by atoms with Crippen molar-refractivity contribution in [2.45, 2.75) is 42.8 Å². The number of sulfonamides is 1. The molecule has 29 heavy (non-hydrogen) atoms. The van der Waals surface area contributed by atoms with E-state index < -0.39 is 10.0 Å². The molecule has 0 amide bonds. The topological polar surface area (TPSA) is 138 Å². The van der Waals surface area contributed by atoms with Crippen molar-refractivity contribution >= 4 is 33.4 Å². The number of fused-ring (bicyclic) bond motifs is 2. The van der Waals surface area contributed by atoms with Crippen molar-refractivity contribution in [3.8, 4) is 5.75 Å². The molecular weight excluding hydrogens is 412 g/mol. The number of hydrogen-bond acceptors (Lipinski definition) is 8. The number of nitrogens with one attached hydrogen (secondary N) is 1. The first-order valence-electron chi connectivity index (χ1n) is 9.47. The molecule has 4 rings (SSSR count). The summed E-state index contributed by atoms with van der Waals surface area (Å²) in [4.78, 5) is 9.96. The molecule has 0 fully saturated rings. The molecular formula is C18H24N6O3S2. The van der Waals surface area contributed by atoms with E-state index in [1.165, 1.54) is 22.9 Å². The van der Waals surface area contributed by atoms with Gasteiger partial charge in [-0.2, -0.15) is 0 Å². The minimum atomic E-state index is -3.52. The van der Waals surface area contributed by atoms with Gasteiger partial charge in [0.15, 0.2) is 5.16 Å². The SMILES string of the molecule is CCc1cc2c(cc1Sc1nc3c(n1CCCS(N)(=O)=O)NCN=C3N)OCC2. The molecule has 1 aromatic heterocycles. The van der Waals surface area contributed by atoms with Crippen LogP contribution in [0.2, 0.25) is 0 Å². The summed E-state index contributed by atoms with van der Waals surface area (Å²) >= 11 is 1.53. The van der Waals surface area contributed by atoms with Gasteiger partial charge in [-0.05, 0) is 30.0 Å². The third-order valence-corrected chi connectivity index (χ3v) is 6.89. The Morgan fingerprint density at radius 3 is 2.97 bits per heavy atom. The van der Waals surface area contributed by atoms with E-state index in [4.69, 9.17) is 20.6 Å². The number of primary sulfonamides is 1. The molecule has 0 atom stereocenters. The maximum Gasteiger partial charge on any atom is 0.209 e. The summed E-state index contributed by atoms with van der Waals surface area (Å²) < 4.78 is 30.4. The Morgan fingerprint density at radius 2 is 2.21 bits per heavy atom. The standard InChI is InChI=1S/C18H24N6O3S2/c1-2-11-8-12-4-6-27-13(12)9-14(11)28-18-23-15-16(19)21-10-22-17(15)24(18)5-3-7-29(20,25)26/h8-9,22H,2-7,10H2,1H3,(H2,19,21)(H2,20,25,26). The second kappa shape index (κ2) is 7.88. The average Bonchev–Trinajstić information content (AvgIpc) is 3.25. The molecule has 0 bridgehead atoms. The smallest absolute Gasteiger partial charge is 0.209 e. The van der Waals surface area contributed by atoms with Crippen LogP contribution in [0.3, 0.4) is 0 Å². The lowest BCUT2D eigenvalue weighted by atomic mass is 10.1. The van der Waals surface area contributed by atoms with Gasteiger partial charge in [0.2, 0.25) is 10.0 Å². The van der Waals surface area contributed by atoms with E-state index in [2.05, 4.69) is 29.4 Å². The number of aliphatic imine (C=N–C) groups is 1. The number of imidazole rings is 1. The Kier molecular flexibility index (Phi) is 5.45. The summed E-state index contributed by atoms with van der Waals surface area (Å²) in [5.74, 6) is 1.95. The van der Waals surface area contributed by atoms with Gasteiger partial charge in [-0.1, -0.05) is 24.8 Å². The molecule has 156 valence electrons. The average molecular weight is 437 g/mol. The molecule has 2 aliphatic heterocycles. The van der Waals surface area contributed by atoms with Crippen LogP contribution in [0.1, 0.15) is 30.2 Å². The van der Waals surface area contributed by atoms with Crippen molar-refractivity contribution in [1.29, 1.82) is 0 Å². The maximum absolute atomic E-state index is 11.3. The number of nitrogens with zero attached hydrogens (tertiary/aromatic N) is 3. The lowest BCUT2D eigenvalue weighted by Crippen LogP contribution is -2.24. The van der Waals surface area contributed by atoms with Gasteiger partial charge in [0, 0.05) is 17.9 Å². The van der Waals surface area contributed by atoms with E-state index in [-0.39, 0.29) is 5.75 Å². The lowest BCUT2D eigenvalue weighted by molar-refractivity contribution is 0.356. The first-order valence-corrected chi connectivity index (χ1v) is 12.0. The normalized spacial score (nSPS) is 15.3. The third-order valence-electron chi connectivity index (χ3n) is 4.94. The summed E-state index contributed by atoms with van der Waals surface area (Å²) in [6.45, 7) is 3.64. The molecule has 1 aromatic carbocycles. The summed E-state index contributed by atoms with van der Waals surface area (Å²) in [6.07, 6.45) is 2.20. The summed E-state index contributed by atoms with van der Waals surface area (Å²) in [6, 6.07) is 4.27. The highest BCUT2D eigenvalue weighted by Gasteiger charge is 2.24. The Balaban J connectivity index is 1.69. The third kappa shape index (κ3) is 4.21. The fourth-order valence-electron chi connectivity index (χ4n) is 3.50. The Bertz CT molecular complexity index is 1080. The van der Waals surface area contributed by atoms with Crippen LogP contribution in [0, 0.1) is 0 Å².